The van der Waals surface area contributed by atoms with Crippen molar-refractivity contribution in [1.29, 1.82) is 0 Å². The van der Waals surface area contributed by atoms with Gasteiger partial charge in [0, 0.05) is 17.5 Å². The van der Waals surface area contributed by atoms with Gasteiger partial charge in [0.25, 0.3) is 0 Å². The Morgan fingerprint density at radius 3 is 2.48 bits per heavy atom. The second kappa shape index (κ2) is 7.16. The predicted molar refractivity (Wildman–Crippen MR) is 83.2 cm³/mol. The first-order valence-corrected chi connectivity index (χ1v) is 7.12. The molecule has 0 bridgehead atoms. The Labute approximate surface area is 126 Å². The van der Waals surface area contributed by atoms with Crippen molar-refractivity contribution in [2.24, 2.45) is 5.92 Å². The minimum absolute atomic E-state index is 0.0671. The maximum atomic E-state index is 12.4. The second-order valence-electron chi connectivity index (χ2n) is 5.46. The number of methoxy groups -OCH3 is 1. The van der Waals surface area contributed by atoms with E-state index in [1.54, 1.807) is 0 Å². The molecule has 0 amide bonds. The molecule has 1 atom stereocenters. The van der Waals surface area contributed by atoms with Gasteiger partial charge in [0.05, 0.1) is 7.11 Å². The summed E-state index contributed by atoms with van der Waals surface area (Å²) in [6.07, 6.45) is 2.93. The van der Waals surface area contributed by atoms with E-state index in [-0.39, 0.29) is 34.5 Å². The number of hydrogen-bond acceptors (Lipinski definition) is 4. The van der Waals surface area contributed by atoms with Crippen molar-refractivity contribution >= 4 is 5.78 Å². The molecular weight excluding hydrogens is 268 g/mol. The summed E-state index contributed by atoms with van der Waals surface area (Å²) >= 11 is 0. The number of ketones is 1. The molecule has 0 aliphatic heterocycles. The van der Waals surface area contributed by atoms with Gasteiger partial charge in [-0.2, -0.15) is 0 Å². The second-order valence-corrected chi connectivity index (χ2v) is 5.46. The van der Waals surface area contributed by atoms with Gasteiger partial charge >= 0.3 is 0 Å². The number of Topliss-reactive ketones (excluding diaryl/α,β-unsaturated/α-hetero) is 1. The molecule has 0 fully saturated rings. The van der Waals surface area contributed by atoms with Crippen molar-refractivity contribution in [3.63, 3.8) is 0 Å². The van der Waals surface area contributed by atoms with Crippen LogP contribution in [0.25, 0.3) is 0 Å². The maximum absolute atomic E-state index is 12.4. The molecule has 4 heteroatoms. The van der Waals surface area contributed by atoms with E-state index in [1.165, 1.54) is 13.2 Å². The van der Waals surface area contributed by atoms with E-state index in [9.17, 15) is 15.0 Å². The third-order valence-electron chi connectivity index (χ3n) is 3.59. The SMILES string of the molecule is CCC(C)C(=O)c1c(OC)cc(O)c(CC=C(C)C)c1O. The summed E-state index contributed by atoms with van der Waals surface area (Å²) in [5.74, 6) is -0.440. The summed E-state index contributed by atoms with van der Waals surface area (Å²) in [4.78, 5) is 12.4. The fourth-order valence-corrected chi connectivity index (χ4v) is 2.01. The van der Waals surface area contributed by atoms with E-state index in [2.05, 4.69) is 0 Å². The lowest BCUT2D eigenvalue weighted by Gasteiger charge is -2.16. The number of allylic oxidation sites excluding steroid dienone is 2. The number of carbonyl (C=O) groups excluding carboxylic acids is 1. The highest BCUT2D eigenvalue weighted by Gasteiger charge is 2.25. The van der Waals surface area contributed by atoms with Crippen LogP contribution in [0.1, 0.15) is 50.0 Å². The van der Waals surface area contributed by atoms with Crippen LogP contribution < -0.4 is 4.74 Å². The summed E-state index contributed by atoms with van der Waals surface area (Å²) < 4.78 is 5.15. The van der Waals surface area contributed by atoms with Crippen LogP contribution in [0, 0.1) is 5.92 Å². The first kappa shape index (κ1) is 17.1. The van der Waals surface area contributed by atoms with E-state index in [0.29, 0.717) is 18.4 Å². The summed E-state index contributed by atoms with van der Waals surface area (Å²) in [7, 11) is 1.41. The summed E-state index contributed by atoms with van der Waals surface area (Å²) in [6.45, 7) is 7.59. The molecule has 0 aliphatic carbocycles. The molecule has 2 N–H and O–H groups in total. The molecular formula is C17H24O4. The van der Waals surface area contributed by atoms with Gasteiger partial charge in [-0.25, -0.2) is 0 Å². The van der Waals surface area contributed by atoms with Gasteiger partial charge in [-0.1, -0.05) is 25.5 Å². The molecule has 1 rings (SSSR count). The Morgan fingerprint density at radius 1 is 1.38 bits per heavy atom. The van der Waals surface area contributed by atoms with Crippen LogP contribution >= 0.6 is 0 Å². The van der Waals surface area contributed by atoms with Gasteiger partial charge in [0.2, 0.25) is 0 Å². The Hall–Kier alpha value is -1.97. The zero-order valence-electron chi connectivity index (χ0n) is 13.4. The zero-order chi connectivity index (χ0) is 16.2. The van der Waals surface area contributed by atoms with E-state index >= 15 is 0 Å². The lowest BCUT2D eigenvalue weighted by molar-refractivity contribution is 0.0921. The van der Waals surface area contributed by atoms with Crippen LogP contribution in [0.2, 0.25) is 0 Å². The smallest absolute Gasteiger partial charge is 0.173 e. The highest BCUT2D eigenvalue weighted by atomic mass is 16.5. The average Bonchev–Trinajstić information content (AvgIpc) is 2.44. The number of benzene rings is 1. The van der Waals surface area contributed by atoms with Gasteiger partial charge in [-0.05, 0) is 26.7 Å². The van der Waals surface area contributed by atoms with Crippen molar-refractivity contribution in [2.45, 2.75) is 40.5 Å². The van der Waals surface area contributed by atoms with Crippen molar-refractivity contribution in [1.82, 2.24) is 0 Å². The molecule has 0 saturated heterocycles. The highest BCUT2D eigenvalue weighted by molar-refractivity contribution is 6.03. The first-order valence-electron chi connectivity index (χ1n) is 7.12. The molecule has 116 valence electrons. The van der Waals surface area contributed by atoms with Gasteiger partial charge < -0.3 is 14.9 Å². The minimum Gasteiger partial charge on any atom is -0.507 e. The molecule has 1 unspecified atom stereocenters. The van der Waals surface area contributed by atoms with E-state index < -0.39 is 0 Å². The molecule has 0 aliphatic rings. The van der Waals surface area contributed by atoms with Crippen LogP contribution in [0.3, 0.4) is 0 Å². The zero-order valence-corrected chi connectivity index (χ0v) is 13.4. The predicted octanol–water partition coefficient (Wildman–Crippen LogP) is 3.84. The molecule has 21 heavy (non-hydrogen) atoms. The fourth-order valence-electron chi connectivity index (χ4n) is 2.01. The van der Waals surface area contributed by atoms with E-state index in [0.717, 1.165) is 5.57 Å². The Balaban J connectivity index is 3.44. The Kier molecular flexibility index (Phi) is 5.82. The minimum atomic E-state index is -0.217. The summed E-state index contributed by atoms with van der Waals surface area (Å²) in [5, 5.41) is 20.5. The number of rotatable bonds is 6. The van der Waals surface area contributed by atoms with E-state index in [1.807, 2.05) is 33.8 Å². The quantitative estimate of drug-likeness (QED) is 0.617. The van der Waals surface area contributed by atoms with Gasteiger partial charge in [-0.15, -0.1) is 0 Å². The number of carbonyl (C=O) groups is 1. The number of phenolic OH excluding ortho intramolecular Hbond substituents is 2. The number of phenols is 2. The normalized spacial score (nSPS) is 11.9. The molecule has 4 nitrogen and oxygen atoms in total. The van der Waals surface area contributed by atoms with Gasteiger partial charge in [0.15, 0.2) is 5.78 Å². The maximum Gasteiger partial charge on any atom is 0.173 e. The lowest BCUT2D eigenvalue weighted by Crippen LogP contribution is -2.12. The topological polar surface area (TPSA) is 66.8 Å². The number of ether oxygens (including phenoxy) is 1. The molecule has 1 aromatic carbocycles. The number of aromatic hydroxyl groups is 2. The molecule has 0 heterocycles. The van der Waals surface area contributed by atoms with Crippen molar-refractivity contribution in [3.05, 3.63) is 28.8 Å². The third-order valence-corrected chi connectivity index (χ3v) is 3.59. The van der Waals surface area contributed by atoms with E-state index in [4.69, 9.17) is 4.74 Å². The van der Waals surface area contributed by atoms with Crippen LogP contribution in [0.5, 0.6) is 17.2 Å². The Morgan fingerprint density at radius 2 is 2.00 bits per heavy atom. The van der Waals surface area contributed by atoms with Gasteiger partial charge in [0.1, 0.15) is 22.8 Å². The molecule has 0 aromatic heterocycles. The van der Waals surface area contributed by atoms with Crippen LogP contribution in [0.15, 0.2) is 17.7 Å². The van der Waals surface area contributed by atoms with Crippen LogP contribution in [-0.2, 0) is 6.42 Å². The van der Waals surface area contributed by atoms with Gasteiger partial charge in [-0.3, -0.25) is 4.79 Å². The average molecular weight is 292 g/mol. The highest BCUT2D eigenvalue weighted by Crippen LogP contribution is 2.40. The molecule has 1 aromatic rings. The molecule has 0 saturated carbocycles. The van der Waals surface area contributed by atoms with Crippen LogP contribution in [0.4, 0.5) is 0 Å². The standard InChI is InChI=1S/C17H24O4/c1-6-11(4)16(19)15-14(21-5)9-13(18)12(17(15)20)8-7-10(2)3/h7,9,11,18,20H,6,8H2,1-5H3. The van der Waals surface area contributed by atoms with Crippen molar-refractivity contribution < 1.29 is 19.7 Å². The molecule has 0 spiro atoms. The van der Waals surface area contributed by atoms with Crippen LogP contribution in [-0.4, -0.2) is 23.1 Å². The summed E-state index contributed by atoms with van der Waals surface area (Å²) in [6, 6.07) is 1.39. The molecule has 0 radical (unpaired) electrons. The van der Waals surface area contributed by atoms with Crippen molar-refractivity contribution in [3.8, 4) is 17.2 Å². The van der Waals surface area contributed by atoms with Crippen molar-refractivity contribution in [2.75, 3.05) is 7.11 Å². The summed E-state index contributed by atoms with van der Waals surface area (Å²) in [5.41, 5.74) is 1.57. The lowest BCUT2D eigenvalue weighted by atomic mass is 9.92. The number of hydrogen-bond donors (Lipinski definition) is 2. The fraction of sp³-hybridized carbons (Fsp3) is 0.471. The first-order chi connectivity index (χ1) is 9.83. The monoisotopic (exact) mass is 292 g/mol. The Bertz CT molecular complexity index is 554. The third kappa shape index (κ3) is 3.78. The largest absolute Gasteiger partial charge is 0.507 e.